The van der Waals surface area contributed by atoms with Crippen molar-refractivity contribution in [3.63, 3.8) is 0 Å². The van der Waals surface area contributed by atoms with Gasteiger partial charge in [-0.05, 0) is 24.5 Å². The van der Waals surface area contributed by atoms with Gasteiger partial charge in [0.15, 0.2) is 0 Å². The number of hydrogen-bond donors (Lipinski definition) is 2. The van der Waals surface area contributed by atoms with Crippen molar-refractivity contribution in [1.82, 2.24) is 5.32 Å². The molecule has 0 saturated carbocycles. The van der Waals surface area contributed by atoms with Crippen LogP contribution in [-0.4, -0.2) is 30.1 Å². The number of hydrogen-bond acceptors (Lipinski definition) is 3. The molecular weight excluding hydrogens is 306 g/mol. The molecule has 0 aliphatic heterocycles. The monoisotopic (exact) mass is 327 g/mol. The van der Waals surface area contributed by atoms with E-state index in [-0.39, 0.29) is 31.4 Å². The minimum atomic E-state index is -0.888. The number of ether oxygens (including phenoxy) is 1. The van der Waals surface area contributed by atoms with Gasteiger partial charge in [-0.1, -0.05) is 37.6 Å². The number of carbonyl (C=O) groups excluding carboxylic acids is 1. The van der Waals surface area contributed by atoms with Gasteiger partial charge in [-0.3, -0.25) is 9.59 Å². The molecule has 0 bridgehead atoms. The Morgan fingerprint density at radius 2 is 2.00 bits per heavy atom. The van der Waals surface area contributed by atoms with Gasteiger partial charge in [-0.25, -0.2) is 0 Å². The first-order valence-corrected chi connectivity index (χ1v) is 7.64. The van der Waals surface area contributed by atoms with Gasteiger partial charge in [0.1, 0.15) is 5.75 Å². The molecule has 1 aromatic carbocycles. The van der Waals surface area contributed by atoms with Crippen molar-refractivity contribution in [2.24, 2.45) is 11.8 Å². The molecule has 0 aliphatic carbocycles. The molecule has 0 aliphatic rings. The summed E-state index contributed by atoms with van der Waals surface area (Å²) in [6.07, 6.45) is 0.685. The van der Waals surface area contributed by atoms with Crippen molar-refractivity contribution in [2.45, 2.75) is 26.7 Å². The highest BCUT2D eigenvalue weighted by Crippen LogP contribution is 2.23. The summed E-state index contributed by atoms with van der Waals surface area (Å²) >= 11 is 5.93. The Labute approximate surface area is 135 Å². The van der Waals surface area contributed by atoms with Crippen molar-refractivity contribution in [2.75, 3.05) is 13.2 Å². The number of rotatable bonds is 9. The molecule has 1 atom stereocenters. The van der Waals surface area contributed by atoms with Crippen LogP contribution in [0.1, 0.15) is 26.7 Å². The maximum Gasteiger partial charge on any atom is 0.308 e. The Bertz CT molecular complexity index is 505. The van der Waals surface area contributed by atoms with Gasteiger partial charge >= 0.3 is 5.97 Å². The average molecular weight is 328 g/mol. The number of carbonyl (C=O) groups is 2. The molecule has 1 unspecified atom stereocenters. The maximum atomic E-state index is 11.7. The van der Waals surface area contributed by atoms with Gasteiger partial charge in [0.05, 0.1) is 24.0 Å². The van der Waals surface area contributed by atoms with E-state index in [1.807, 2.05) is 13.8 Å². The van der Waals surface area contributed by atoms with Crippen LogP contribution in [0.25, 0.3) is 0 Å². The number of aliphatic carboxylic acids is 1. The van der Waals surface area contributed by atoms with E-state index >= 15 is 0 Å². The highest BCUT2D eigenvalue weighted by Gasteiger charge is 2.19. The van der Waals surface area contributed by atoms with Gasteiger partial charge in [-0.2, -0.15) is 0 Å². The van der Waals surface area contributed by atoms with E-state index < -0.39 is 11.9 Å². The largest absolute Gasteiger partial charge is 0.491 e. The standard InChI is InChI=1S/C16H22ClNO4/c1-11(2)9-12(16(20)21)10-18-15(19)7-8-22-14-6-4-3-5-13(14)17/h3-6,11-12H,7-10H2,1-2H3,(H,18,19)(H,20,21). The van der Waals surface area contributed by atoms with Gasteiger partial charge < -0.3 is 15.2 Å². The zero-order valence-corrected chi connectivity index (χ0v) is 13.6. The molecular formula is C16H22ClNO4. The summed E-state index contributed by atoms with van der Waals surface area (Å²) in [4.78, 5) is 22.8. The first-order valence-electron chi connectivity index (χ1n) is 7.27. The molecule has 5 nitrogen and oxygen atoms in total. The lowest BCUT2D eigenvalue weighted by atomic mass is 9.97. The number of carboxylic acid groups (broad SMARTS) is 1. The number of para-hydroxylation sites is 1. The predicted octanol–water partition coefficient (Wildman–Crippen LogP) is 2.97. The Morgan fingerprint density at radius 1 is 1.32 bits per heavy atom. The second-order valence-corrected chi connectivity index (χ2v) is 5.90. The lowest BCUT2D eigenvalue weighted by Gasteiger charge is -2.15. The molecule has 2 N–H and O–H groups in total. The smallest absolute Gasteiger partial charge is 0.308 e. The van der Waals surface area contributed by atoms with E-state index in [0.717, 1.165) is 0 Å². The summed E-state index contributed by atoms with van der Waals surface area (Å²) in [6.45, 7) is 4.24. The van der Waals surface area contributed by atoms with Crippen LogP contribution in [-0.2, 0) is 9.59 Å². The van der Waals surface area contributed by atoms with E-state index in [1.165, 1.54) is 0 Å². The molecule has 0 saturated heterocycles. The third-order valence-electron chi connectivity index (χ3n) is 3.07. The van der Waals surface area contributed by atoms with Crippen molar-refractivity contribution >= 4 is 23.5 Å². The van der Waals surface area contributed by atoms with Crippen molar-refractivity contribution < 1.29 is 19.4 Å². The van der Waals surface area contributed by atoms with Crippen LogP contribution >= 0.6 is 11.6 Å². The number of benzene rings is 1. The molecule has 1 rings (SSSR count). The molecule has 1 aromatic rings. The number of halogens is 1. The second kappa shape index (κ2) is 9.30. The van der Waals surface area contributed by atoms with Crippen LogP contribution in [0.3, 0.4) is 0 Å². The molecule has 0 heterocycles. The van der Waals surface area contributed by atoms with Crippen LogP contribution in [0.2, 0.25) is 5.02 Å². The minimum Gasteiger partial charge on any atom is -0.491 e. The van der Waals surface area contributed by atoms with Crippen LogP contribution < -0.4 is 10.1 Å². The van der Waals surface area contributed by atoms with Gasteiger partial charge in [0.2, 0.25) is 5.91 Å². The van der Waals surface area contributed by atoms with E-state index in [9.17, 15) is 9.59 Å². The normalized spacial score (nSPS) is 12.0. The summed E-state index contributed by atoms with van der Waals surface area (Å²) in [5.74, 6) is -0.890. The average Bonchev–Trinajstić information content (AvgIpc) is 2.45. The fraction of sp³-hybridized carbons (Fsp3) is 0.500. The van der Waals surface area contributed by atoms with Crippen LogP contribution in [0.15, 0.2) is 24.3 Å². The molecule has 0 radical (unpaired) electrons. The Hall–Kier alpha value is -1.75. The summed E-state index contributed by atoms with van der Waals surface area (Å²) in [6, 6.07) is 7.02. The fourth-order valence-corrected chi connectivity index (χ4v) is 2.17. The highest BCUT2D eigenvalue weighted by molar-refractivity contribution is 6.32. The molecule has 0 spiro atoms. The summed E-state index contributed by atoms with van der Waals surface area (Å²) in [5, 5.41) is 12.2. The molecule has 0 aromatic heterocycles. The third-order valence-corrected chi connectivity index (χ3v) is 3.39. The van der Waals surface area contributed by atoms with Crippen LogP contribution in [0.4, 0.5) is 0 Å². The summed E-state index contributed by atoms with van der Waals surface area (Å²) < 4.78 is 5.42. The number of amides is 1. The minimum absolute atomic E-state index is 0.137. The SMILES string of the molecule is CC(C)CC(CNC(=O)CCOc1ccccc1Cl)C(=O)O. The Kier molecular flexibility index (Phi) is 7.74. The summed E-state index contributed by atoms with van der Waals surface area (Å²) in [7, 11) is 0. The quantitative estimate of drug-likeness (QED) is 0.731. The van der Waals surface area contributed by atoms with Gasteiger partial charge in [-0.15, -0.1) is 0 Å². The summed E-state index contributed by atoms with van der Waals surface area (Å²) in [5.41, 5.74) is 0. The third kappa shape index (κ3) is 6.80. The van der Waals surface area contributed by atoms with E-state index in [2.05, 4.69) is 5.32 Å². The first-order chi connectivity index (χ1) is 10.4. The van der Waals surface area contributed by atoms with Crippen molar-refractivity contribution in [3.05, 3.63) is 29.3 Å². The predicted molar refractivity (Wildman–Crippen MR) is 85.2 cm³/mol. The second-order valence-electron chi connectivity index (χ2n) is 5.50. The molecule has 0 fully saturated rings. The maximum absolute atomic E-state index is 11.7. The molecule has 1 amide bonds. The molecule has 6 heteroatoms. The number of carboxylic acids is 1. The van der Waals surface area contributed by atoms with Crippen molar-refractivity contribution in [1.29, 1.82) is 0 Å². The highest BCUT2D eigenvalue weighted by atomic mass is 35.5. The van der Waals surface area contributed by atoms with Gasteiger partial charge in [0.25, 0.3) is 0 Å². The van der Waals surface area contributed by atoms with E-state index in [1.54, 1.807) is 24.3 Å². The Morgan fingerprint density at radius 3 is 2.59 bits per heavy atom. The van der Waals surface area contributed by atoms with Gasteiger partial charge in [0, 0.05) is 6.54 Å². The number of nitrogens with one attached hydrogen (secondary N) is 1. The van der Waals surface area contributed by atoms with E-state index in [4.69, 9.17) is 21.4 Å². The molecule has 122 valence electrons. The lowest BCUT2D eigenvalue weighted by molar-refractivity contribution is -0.142. The molecule has 22 heavy (non-hydrogen) atoms. The van der Waals surface area contributed by atoms with Crippen LogP contribution in [0.5, 0.6) is 5.75 Å². The zero-order chi connectivity index (χ0) is 16.5. The topological polar surface area (TPSA) is 75.6 Å². The zero-order valence-electron chi connectivity index (χ0n) is 12.8. The van der Waals surface area contributed by atoms with E-state index in [0.29, 0.717) is 17.2 Å². The first kappa shape index (κ1) is 18.3. The fourth-order valence-electron chi connectivity index (χ4n) is 1.98. The lowest BCUT2D eigenvalue weighted by Crippen LogP contribution is -2.34. The van der Waals surface area contributed by atoms with Crippen LogP contribution in [0, 0.1) is 11.8 Å². The Balaban J connectivity index is 2.31. The van der Waals surface area contributed by atoms with Crippen molar-refractivity contribution in [3.8, 4) is 5.75 Å².